The van der Waals surface area contributed by atoms with Crippen molar-refractivity contribution in [3.05, 3.63) is 41.5 Å². The minimum Gasteiger partial charge on any atom is -0.493 e. The zero-order valence-electron chi connectivity index (χ0n) is 19.0. The van der Waals surface area contributed by atoms with Crippen LogP contribution in [0.4, 0.5) is 5.69 Å². The van der Waals surface area contributed by atoms with Gasteiger partial charge in [-0.1, -0.05) is 0 Å². The molecule has 1 saturated heterocycles. The lowest BCUT2D eigenvalue weighted by Gasteiger charge is -2.31. The van der Waals surface area contributed by atoms with Crippen molar-refractivity contribution in [3.8, 4) is 17.2 Å². The highest BCUT2D eigenvalue weighted by Gasteiger charge is 2.30. The quantitative estimate of drug-likeness (QED) is 0.632. The van der Waals surface area contributed by atoms with E-state index in [9.17, 15) is 13.2 Å². The van der Waals surface area contributed by atoms with Crippen LogP contribution in [0.5, 0.6) is 17.2 Å². The van der Waals surface area contributed by atoms with E-state index >= 15 is 0 Å². The number of aryl methyl sites for hydroxylation is 1. The molecule has 178 valence electrons. The first-order valence-corrected chi connectivity index (χ1v) is 12.2. The van der Waals surface area contributed by atoms with Gasteiger partial charge in [0.05, 0.1) is 39.4 Å². The highest BCUT2D eigenvalue weighted by Crippen LogP contribution is 2.39. The molecule has 10 heteroatoms. The average Bonchev–Trinajstić information content (AvgIpc) is 2.87. The Morgan fingerprint density at radius 1 is 0.939 bits per heavy atom. The van der Waals surface area contributed by atoms with Crippen molar-refractivity contribution in [1.29, 1.82) is 0 Å². The molecule has 0 aliphatic carbocycles. The second-order valence-corrected chi connectivity index (χ2v) is 9.72. The van der Waals surface area contributed by atoms with Gasteiger partial charge in [-0.15, -0.1) is 0 Å². The Kier molecular flexibility index (Phi) is 6.78. The Morgan fingerprint density at radius 2 is 1.61 bits per heavy atom. The average molecular weight is 477 g/mol. The molecule has 2 aliphatic rings. The molecule has 2 aromatic carbocycles. The van der Waals surface area contributed by atoms with E-state index in [1.54, 1.807) is 35.2 Å². The van der Waals surface area contributed by atoms with Crippen LogP contribution in [0.2, 0.25) is 0 Å². The number of anilines is 1. The molecule has 4 rings (SSSR count). The molecule has 0 bridgehead atoms. The summed E-state index contributed by atoms with van der Waals surface area (Å²) in [4.78, 5) is 15.4. The Hall–Kier alpha value is -2.82. The fourth-order valence-electron chi connectivity index (χ4n) is 4.24. The van der Waals surface area contributed by atoms with Crippen LogP contribution < -0.4 is 19.1 Å². The molecule has 33 heavy (non-hydrogen) atoms. The summed E-state index contributed by atoms with van der Waals surface area (Å²) in [6.45, 7) is 1.98. The number of sulfonamides is 1. The first kappa shape index (κ1) is 23.3. The molecule has 0 atom stereocenters. The van der Waals surface area contributed by atoms with Gasteiger partial charge in [-0.3, -0.25) is 4.79 Å². The van der Waals surface area contributed by atoms with E-state index in [1.807, 2.05) is 0 Å². The highest BCUT2D eigenvalue weighted by atomic mass is 32.2. The summed E-state index contributed by atoms with van der Waals surface area (Å²) in [7, 11) is 0.893. The lowest BCUT2D eigenvalue weighted by atomic mass is 10.0. The predicted molar refractivity (Wildman–Crippen MR) is 122 cm³/mol. The number of nitrogens with zero attached hydrogens (tertiary/aromatic N) is 2. The van der Waals surface area contributed by atoms with Gasteiger partial charge >= 0.3 is 0 Å². The molecular formula is C23H28N2O7S. The number of benzene rings is 2. The maximum atomic E-state index is 13.5. The number of morpholine rings is 1. The van der Waals surface area contributed by atoms with E-state index in [0.29, 0.717) is 67.8 Å². The van der Waals surface area contributed by atoms with E-state index in [1.165, 1.54) is 25.6 Å². The number of methoxy groups -OCH3 is 3. The van der Waals surface area contributed by atoms with Gasteiger partial charge in [-0.05, 0) is 48.7 Å². The molecule has 2 aliphatic heterocycles. The largest absolute Gasteiger partial charge is 0.493 e. The zero-order chi connectivity index (χ0) is 23.6. The van der Waals surface area contributed by atoms with Crippen molar-refractivity contribution in [3.63, 3.8) is 0 Å². The van der Waals surface area contributed by atoms with Crippen molar-refractivity contribution in [1.82, 2.24) is 4.31 Å². The highest BCUT2D eigenvalue weighted by molar-refractivity contribution is 7.89. The van der Waals surface area contributed by atoms with Crippen LogP contribution in [0, 0.1) is 0 Å². The molecule has 0 spiro atoms. The number of fused-ring (bicyclic) bond motifs is 1. The molecule has 0 saturated carbocycles. The Morgan fingerprint density at radius 3 is 2.21 bits per heavy atom. The summed E-state index contributed by atoms with van der Waals surface area (Å²) >= 11 is 0. The predicted octanol–water partition coefficient (Wildman–Crippen LogP) is 2.33. The van der Waals surface area contributed by atoms with Crippen molar-refractivity contribution >= 4 is 21.6 Å². The van der Waals surface area contributed by atoms with Crippen LogP contribution in [0.1, 0.15) is 22.3 Å². The maximum Gasteiger partial charge on any atom is 0.258 e. The van der Waals surface area contributed by atoms with Crippen LogP contribution in [-0.4, -0.2) is 72.8 Å². The molecule has 1 fully saturated rings. The minimum atomic E-state index is -3.61. The van der Waals surface area contributed by atoms with Crippen LogP contribution in [0.3, 0.4) is 0 Å². The number of rotatable bonds is 6. The first-order valence-electron chi connectivity index (χ1n) is 10.7. The second kappa shape index (κ2) is 9.58. The van der Waals surface area contributed by atoms with E-state index in [2.05, 4.69) is 0 Å². The zero-order valence-corrected chi connectivity index (χ0v) is 19.8. The van der Waals surface area contributed by atoms with Crippen LogP contribution in [0.25, 0.3) is 0 Å². The van der Waals surface area contributed by atoms with E-state index in [-0.39, 0.29) is 10.8 Å². The molecule has 2 aromatic rings. The fourth-order valence-corrected chi connectivity index (χ4v) is 5.70. The smallest absolute Gasteiger partial charge is 0.258 e. The molecular weight excluding hydrogens is 448 g/mol. The monoisotopic (exact) mass is 476 g/mol. The van der Waals surface area contributed by atoms with Crippen LogP contribution in [0.15, 0.2) is 35.2 Å². The van der Waals surface area contributed by atoms with Gasteiger partial charge in [0, 0.05) is 30.9 Å². The number of ether oxygens (including phenoxy) is 4. The van der Waals surface area contributed by atoms with Gasteiger partial charge in [0.2, 0.25) is 15.8 Å². The van der Waals surface area contributed by atoms with Gasteiger partial charge in [0.1, 0.15) is 0 Å². The van der Waals surface area contributed by atoms with Gasteiger partial charge in [0.25, 0.3) is 5.91 Å². The number of hydrogen-bond donors (Lipinski definition) is 0. The Bertz CT molecular complexity index is 1120. The summed E-state index contributed by atoms with van der Waals surface area (Å²) in [5.74, 6) is 0.973. The number of amides is 1. The van der Waals surface area contributed by atoms with Crippen molar-refractivity contribution in [2.45, 2.75) is 17.7 Å². The van der Waals surface area contributed by atoms with E-state index in [0.717, 1.165) is 12.0 Å². The SMILES string of the molecule is COc1cc(C(=O)N2CCCc3cc(S(=O)(=O)N4CCOCC4)ccc32)cc(OC)c1OC. The summed E-state index contributed by atoms with van der Waals surface area (Å²) in [6, 6.07) is 8.22. The lowest BCUT2D eigenvalue weighted by molar-refractivity contribution is 0.0730. The van der Waals surface area contributed by atoms with Crippen molar-refractivity contribution < 1.29 is 32.2 Å². The molecule has 9 nitrogen and oxygen atoms in total. The van der Waals surface area contributed by atoms with Gasteiger partial charge in [-0.25, -0.2) is 8.42 Å². The Balaban J connectivity index is 1.67. The summed E-state index contributed by atoms with van der Waals surface area (Å²) < 4.78 is 49.0. The Labute approximate surface area is 193 Å². The molecule has 0 aromatic heterocycles. The minimum absolute atomic E-state index is 0.223. The van der Waals surface area contributed by atoms with Crippen molar-refractivity contribution in [2.24, 2.45) is 0 Å². The van der Waals surface area contributed by atoms with E-state index < -0.39 is 10.0 Å². The first-order chi connectivity index (χ1) is 15.9. The third kappa shape index (κ3) is 4.38. The standard InChI is InChI=1S/C23H28N2O7S/c1-29-20-14-17(15-21(30-2)22(20)31-3)23(26)25-8-4-5-16-13-18(6-7-19(16)25)33(27,28)24-9-11-32-12-10-24/h6-7,13-15H,4-5,8-12H2,1-3H3. The normalized spacial score (nSPS) is 16.8. The number of hydrogen-bond acceptors (Lipinski definition) is 7. The molecule has 0 N–H and O–H groups in total. The van der Waals surface area contributed by atoms with Gasteiger partial charge in [0.15, 0.2) is 11.5 Å². The lowest BCUT2D eigenvalue weighted by Crippen LogP contribution is -2.40. The molecule has 0 radical (unpaired) electrons. The summed E-state index contributed by atoms with van der Waals surface area (Å²) in [5, 5.41) is 0. The van der Waals surface area contributed by atoms with Crippen LogP contribution in [-0.2, 0) is 21.2 Å². The third-order valence-corrected chi connectivity index (χ3v) is 7.83. The number of carbonyl (C=O) groups excluding carboxylic acids is 1. The van der Waals surface area contributed by atoms with Crippen molar-refractivity contribution in [2.75, 3.05) is 59.1 Å². The fraction of sp³-hybridized carbons (Fsp3) is 0.435. The van der Waals surface area contributed by atoms with E-state index in [4.69, 9.17) is 18.9 Å². The second-order valence-electron chi connectivity index (χ2n) is 7.78. The molecule has 2 heterocycles. The van der Waals surface area contributed by atoms with Crippen LogP contribution >= 0.6 is 0 Å². The van der Waals surface area contributed by atoms with Gasteiger partial charge < -0.3 is 23.8 Å². The van der Waals surface area contributed by atoms with Gasteiger partial charge in [-0.2, -0.15) is 4.31 Å². The summed E-state index contributed by atoms with van der Waals surface area (Å²) in [5.41, 5.74) is 1.93. The summed E-state index contributed by atoms with van der Waals surface area (Å²) in [6.07, 6.45) is 1.42. The maximum absolute atomic E-state index is 13.5. The third-order valence-electron chi connectivity index (χ3n) is 5.93. The molecule has 0 unspecified atom stereocenters. The molecule has 1 amide bonds. The number of carbonyl (C=O) groups is 1. The topological polar surface area (TPSA) is 94.6 Å².